The highest BCUT2D eigenvalue weighted by Crippen LogP contribution is 2.37. The number of fused-ring (bicyclic) bond motifs is 3. The van der Waals surface area contributed by atoms with Crippen LogP contribution in [0.15, 0.2) is 40.4 Å². The first-order chi connectivity index (χ1) is 11.5. The van der Waals surface area contributed by atoms with Crippen LogP contribution in [0.2, 0.25) is 0 Å². The second-order valence-electron chi connectivity index (χ2n) is 6.77. The molecular weight excluding hydrogens is 297 g/mol. The number of hydrogen-bond donors (Lipinski definition) is 0. The van der Waals surface area contributed by atoms with Gasteiger partial charge in [0.15, 0.2) is 17.7 Å². The molecule has 0 atom stereocenters. The van der Waals surface area contributed by atoms with Gasteiger partial charge in [-0.25, -0.2) is 9.55 Å². The lowest BCUT2D eigenvalue weighted by molar-refractivity contribution is -0.654. The van der Waals surface area contributed by atoms with Crippen molar-refractivity contribution in [2.24, 2.45) is 7.05 Å². The third-order valence-corrected chi connectivity index (χ3v) is 4.83. The lowest BCUT2D eigenvalue weighted by atomic mass is 9.49. The van der Waals surface area contributed by atoms with Gasteiger partial charge in [0.05, 0.1) is 0 Å². The molecule has 0 bridgehead atoms. The van der Waals surface area contributed by atoms with E-state index in [1.165, 1.54) is 16.6 Å². The molecule has 0 spiro atoms. The summed E-state index contributed by atoms with van der Waals surface area (Å²) in [6.45, 7) is 6.44. The molecule has 24 heavy (non-hydrogen) atoms. The second kappa shape index (κ2) is 5.23. The number of allylic oxidation sites excluding steroid dienone is 1. The molecule has 3 aromatic heterocycles. The maximum atomic E-state index is 6.11. The third-order valence-electron chi connectivity index (χ3n) is 4.83. The van der Waals surface area contributed by atoms with Crippen LogP contribution < -0.4 is 15.0 Å². The smallest absolute Gasteiger partial charge is 0.401 e. The number of pyridine rings is 2. The fraction of sp³-hybridized carbons (Fsp3) is 0.263. The highest BCUT2D eigenvalue weighted by Gasteiger charge is 2.38. The average Bonchev–Trinajstić information content (AvgIpc) is 2.87. The highest BCUT2D eigenvalue weighted by molar-refractivity contribution is 6.82. The van der Waals surface area contributed by atoms with Gasteiger partial charge in [-0.15, -0.1) is 0 Å². The molecule has 0 aliphatic carbocycles. The first-order valence-electron chi connectivity index (χ1n) is 8.23. The summed E-state index contributed by atoms with van der Waals surface area (Å²) in [4.78, 5) is 6.75. The van der Waals surface area contributed by atoms with E-state index in [2.05, 4.69) is 72.8 Å². The molecule has 5 heteroatoms. The number of nitrogens with zero attached hydrogens (tertiary/aromatic N) is 3. The predicted octanol–water partition coefficient (Wildman–Crippen LogP) is 2.56. The minimum absolute atomic E-state index is 0.157. The zero-order valence-electron chi connectivity index (χ0n) is 14.8. The summed E-state index contributed by atoms with van der Waals surface area (Å²) >= 11 is 0. The standard InChI is InChI=1S/C19H21BN3O/c1-12-6-9-17(22(4)11-12)20-13(2)10-16-15-8-7-14(3)21-18(15)24-19(16)23(20)5/h6-11H,1-5H3/q+1. The summed E-state index contributed by atoms with van der Waals surface area (Å²) < 4.78 is 8.31. The largest absolute Gasteiger partial charge is 0.423 e. The molecule has 4 heterocycles. The van der Waals surface area contributed by atoms with Gasteiger partial charge in [0.2, 0.25) is 5.71 Å². The van der Waals surface area contributed by atoms with E-state index in [9.17, 15) is 0 Å². The van der Waals surface area contributed by atoms with Gasteiger partial charge in [-0.3, -0.25) is 0 Å². The normalized spacial score (nSPS) is 14.1. The zero-order valence-corrected chi connectivity index (χ0v) is 14.8. The monoisotopic (exact) mass is 318 g/mol. The van der Waals surface area contributed by atoms with Gasteiger partial charge >= 0.3 is 6.85 Å². The Morgan fingerprint density at radius 3 is 2.67 bits per heavy atom. The lowest BCUT2D eigenvalue weighted by Crippen LogP contribution is -2.62. The molecule has 0 saturated carbocycles. The summed E-state index contributed by atoms with van der Waals surface area (Å²) in [7, 11) is 4.19. The molecule has 0 fully saturated rings. The minimum atomic E-state index is 0.157. The van der Waals surface area contributed by atoms with Crippen LogP contribution in [-0.2, 0) is 7.05 Å². The van der Waals surface area contributed by atoms with Gasteiger partial charge < -0.3 is 9.23 Å². The Kier molecular flexibility index (Phi) is 3.27. The van der Waals surface area contributed by atoms with Crippen molar-refractivity contribution in [1.82, 2.24) is 4.98 Å². The van der Waals surface area contributed by atoms with Crippen LogP contribution in [0.3, 0.4) is 0 Å². The molecule has 0 aromatic carbocycles. The van der Waals surface area contributed by atoms with E-state index in [4.69, 9.17) is 4.42 Å². The predicted molar refractivity (Wildman–Crippen MR) is 98.5 cm³/mol. The van der Waals surface area contributed by atoms with Gasteiger partial charge in [-0.2, -0.15) is 0 Å². The fourth-order valence-electron chi connectivity index (χ4n) is 3.68. The average molecular weight is 318 g/mol. The molecule has 120 valence electrons. The Morgan fingerprint density at radius 1 is 1.12 bits per heavy atom. The maximum absolute atomic E-state index is 6.11. The van der Waals surface area contributed by atoms with Crippen molar-refractivity contribution in [3.05, 3.63) is 52.8 Å². The molecule has 0 N–H and O–H groups in total. The number of hydrogen-bond acceptors (Lipinski definition) is 3. The molecular formula is C19H21BN3O+. The maximum Gasteiger partial charge on any atom is 0.401 e. The van der Waals surface area contributed by atoms with Gasteiger partial charge in [0.1, 0.15) is 7.05 Å². The summed E-state index contributed by atoms with van der Waals surface area (Å²) in [6.07, 6.45) is 4.40. The second-order valence-corrected chi connectivity index (χ2v) is 6.77. The van der Waals surface area contributed by atoms with E-state index in [0.717, 1.165) is 22.5 Å². The quantitative estimate of drug-likeness (QED) is 0.511. The molecule has 0 unspecified atom stereocenters. The van der Waals surface area contributed by atoms with Gasteiger partial charge in [-0.05, 0) is 52.1 Å². The van der Waals surface area contributed by atoms with Crippen LogP contribution in [0, 0.1) is 13.8 Å². The molecule has 3 aromatic rings. The SMILES string of the molecule is CC1=Cc2c(oc3nc(C)ccc23)N(C)B1c1ccc(C)c[n+]1C. The van der Waals surface area contributed by atoms with E-state index in [0.29, 0.717) is 5.71 Å². The van der Waals surface area contributed by atoms with Crippen LogP contribution in [0.25, 0.3) is 17.2 Å². The number of furan rings is 1. The number of aromatic nitrogens is 2. The number of anilines is 1. The Balaban J connectivity index is 1.89. The van der Waals surface area contributed by atoms with Gasteiger partial charge in [0.25, 0.3) is 0 Å². The molecule has 0 saturated heterocycles. The summed E-state index contributed by atoms with van der Waals surface area (Å²) in [6, 6.07) is 8.50. The Bertz CT molecular complexity index is 990. The van der Waals surface area contributed by atoms with Gasteiger partial charge in [-0.1, -0.05) is 11.5 Å². The van der Waals surface area contributed by atoms with Crippen LogP contribution >= 0.6 is 0 Å². The van der Waals surface area contributed by atoms with Crippen molar-refractivity contribution >= 4 is 35.5 Å². The van der Waals surface area contributed by atoms with E-state index in [1.54, 1.807) is 0 Å². The summed E-state index contributed by atoms with van der Waals surface area (Å²) in [5, 5.41) is 1.08. The minimum Gasteiger partial charge on any atom is -0.423 e. The Hall–Kier alpha value is -2.56. The van der Waals surface area contributed by atoms with Crippen molar-refractivity contribution in [2.45, 2.75) is 20.8 Å². The molecule has 4 rings (SSSR count). The van der Waals surface area contributed by atoms with Crippen molar-refractivity contribution in [1.29, 1.82) is 0 Å². The van der Waals surface area contributed by atoms with Crippen molar-refractivity contribution in [2.75, 3.05) is 11.9 Å². The van der Waals surface area contributed by atoms with Crippen molar-refractivity contribution in [3.63, 3.8) is 0 Å². The number of aryl methyl sites for hydroxylation is 3. The lowest BCUT2D eigenvalue weighted by Gasteiger charge is -2.27. The summed E-state index contributed by atoms with van der Waals surface area (Å²) in [5.74, 6) is 0.888. The molecule has 1 aliphatic rings. The molecule has 0 radical (unpaired) electrons. The molecule has 1 aliphatic heterocycles. The van der Waals surface area contributed by atoms with Crippen LogP contribution in [0.4, 0.5) is 5.88 Å². The topological polar surface area (TPSA) is 33.2 Å². The van der Waals surface area contributed by atoms with Crippen LogP contribution in [-0.4, -0.2) is 18.9 Å². The Morgan fingerprint density at radius 2 is 1.92 bits per heavy atom. The van der Waals surface area contributed by atoms with E-state index in [1.807, 2.05) is 13.0 Å². The molecule has 4 nitrogen and oxygen atoms in total. The first kappa shape index (κ1) is 15.0. The first-order valence-corrected chi connectivity index (χ1v) is 8.23. The van der Waals surface area contributed by atoms with E-state index >= 15 is 0 Å². The highest BCUT2D eigenvalue weighted by atomic mass is 16.4. The van der Waals surface area contributed by atoms with Crippen LogP contribution in [0.5, 0.6) is 0 Å². The fourth-order valence-corrected chi connectivity index (χ4v) is 3.68. The van der Waals surface area contributed by atoms with E-state index in [-0.39, 0.29) is 6.85 Å². The Labute approximate surface area is 142 Å². The van der Waals surface area contributed by atoms with Gasteiger partial charge in [0, 0.05) is 22.2 Å². The molecule has 0 amide bonds. The summed E-state index contributed by atoms with van der Waals surface area (Å²) in [5.41, 5.74) is 6.61. The zero-order chi connectivity index (χ0) is 17.0. The number of rotatable bonds is 1. The van der Waals surface area contributed by atoms with Crippen molar-refractivity contribution in [3.8, 4) is 0 Å². The van der Waals surface area contributed by atoms with E-state index < -0.39 is 0 Å². The van der Waals surface area contributed by atoms with Crippen molar-refractivity contribution < 1.29 is 8.98 Å². The third kappa shape index (κ3) is 2.15. The van der Waals surface area contributed by atoms with Crippen LogP contribution in [0.1, 0.15) is 23.7 Å².